The summed E-state index contributed by atoms with van der Waals surface area (Å²) in [6, 6.07) is 16.7. The molecular weight excluding hydrogens is 360 g/mol. The first-order valence-corrected chi connectivity index (χ1v) is 10.4. The third kappa shape index (κ3) is 3.39. The summed E-state index contributed by atoms with van der Waals surface area (Å²) >= 11 is 0. The fourth-order valence-corrected chi connectivity index (χ4v) is 4.55. The van der Waals surface area contributed by atoms with E-state index >= 15 is 0 Å². The average Bonchev–Trinajstić information content (AvgIpc) is 3.37. The Kier molecular flexibility index (Phi) is 4.55. The Morgan fingerprint density at radius 3 is 2.76 bits per heavy atom. The number of likely N-dealkylation sites (tertiary alicyclic amines) is 1. The average molecular weight is 387 g/mol. The molecule has 4 aromatic rings. The second-order valence-electron chi connectivity index (χ2n) is 8.21. The van der Waals surface area contributed by atoms with Gasteiger partial charge in [0.25, 0.3) is 0 Å². The molecule has 6 heteroatoms. The van der Waals surface area contributed by atoms with Crippen LogP contribution in [0.3, 0.4) is 0 Å². The Morgan fingerprint density at radius 2 is 1.97 bits per heavy atom. The van der Waals surface area contributed by atoms with Crippen molar-refractivity contribution in [2.45, 2.75) is 19.4 Å². The van der Waals surface area contributed by atoms with Crippen LogP contribution in [0.25, 0.3) is 33.2 Å². The summed E-state index contributed by atoms with van der Waals surface area (Å²) in [5.74, 6) is 0.821. The summed E-state index contributed by atoms with van der Waals surface area (Å²) in [7, 11) is 0. The SMILES string of the molecule is N#Cc1ccc2c(-c3cc4cc(C[NH+]5CCC(C[NH3+])CC5)ccc4[nH]3)n[nH]c2c1. The molecule has 5 rings (SSSR count). The van der Waals surface area contributed by atoms with Gasteiger partial charge in [-0.1, -0.05) is 6.07 Å². The maximum atomic E-state index is 9.09. The van der Waals surface area contributed by atoms with Crippen LogP contribution in [0.2, 0.25) is 0 Å². The molecule has 1 aliphatic heterocycles. The molecule has 0 unspecified atom stereocenters. The van der Waals surface area contributed by atoms with Crippen molar-refractivity contribution in [2.24, 2.45) is 5.92 Å². The van der Waals surface area contributed by atoms with Crippen LogP contribution in [0, 0.1) is 17.2 Å². The maximum absolute atomic E-state index is 9.09. The van der Waals surface area contributed by atoms with Crippen LogP contribution in [0.4, 0.5) is 0 Å². The molecule has 6 N–H and O–H groups in total. The zero-order valence-electron chi connectivity index (χ0n) is 16.5. The molecule has 0 atom stereocenters. The molecule has 3 heterocycles. The molecule has 0 spiro atoms. The van der Waals surface area contributed by atoms with E-state index in [4.69, 9.17) is 5.26 Å². The number of H-pyrrole nitrogens is 2. The Morgan fingerprint density at radius 1 is 1.10 bits per heavy atom. The number of quaternary nitrogens is 2. The van der Waals surface area contributed by atoms with Gasteiger partial charge in [0.15, 0.2) is 0 Å². The first-order valence-electron chi connectivity index (χ1n) is 10.4. The predicted molar refractivity (Wildman–Crippen MR) is 113 cm³/mol. The molecular formula is C23H26N6+2. The lowest BCUT2D eigenvalue weighted by Gasteiger charge is -2.27. The highest BCUT2D eigenvalue weighted by Crippen LogP contribution is 2.29. The van der Waals surface area contributed by atoms with Crippen molar-refractivity contribution in [1.29, 1.82) is 5.26 Å². The highest BCUT2D eigenvalue weighted by atomic mass is 15.1. The summed E-state index contributed by atoms with van der Waals surface area (Å²) in [5, 5.41) is 18.9. The van der Waals surface area contributed by atoms with E-state index in [1.807, 2.05) is 18.2 Å². The van der Waals surface area contributed by atoms with Crippen molar-refractivity contribution in [3.63, 3.8) is 0 Å². The first-order chi connectivity index (χ1) is 14.2. The van der Waals surface area contributed by atoms with Crippen LogP contribution in [-0.2, 0) is 6.54 Å². The van der Waals surface area contributed by atoms with Gasteiger partial charge in [0, 0.05) is 40.6 Å². The van der Waals surface area contributed by atoms with Crippen LogP contribution < -0.4 is 10.6 Å². The molecule has 29 heavy (non-hydrogen) atoms. The van der Waals surface area contributed by atoms with Crippen molar-refractivity contribution < 1.29 is 10.6 Å². The number of aromatic amines is 2. The van der Waals surface area contributed by atoms with E-state index < -0.39 is 0 Å². The number of aromatic nitrogens is 3. The van der Waals surface area contributed by atoms with Crippen molar-refractivity contribution in [3.05, 3.63) is 53.6 Å². The number of nitriles is 1. The van der Waals surface area contributed by atoms with Crippen LogP contribution >= 0.6 is 0 Å². The quantitative estimate of drug-likeness (QED) is 0.428. The highest BCUT2D eigenvalue weighted by Gasteiger charge is 2.22. The molecule has 0 amide bonds. The van der Waals surface area contributed by atoms with Gasteiger partial charge in [-0.05, 0) is 36.4 Å². The molecule has 0 saturated carbocycles. The molecule has 1 fully saturated rings. The van der Waals surface area contributed by atoms with Crippen molar-refractivity contribution >= 4 is 21.8 Å². The van der Waals surface area contributed by atoms with Gasteiger partial charge < -0.3 is 15.6 Å². The first kappa shape index (κ1) is 17.9. The molecule has 0 aliphatic carbocycles. The number of hydrogen-bond acceptors (Lipinski definition) is 2. The summed E-state index contributed by atoms with van der Waals surface area (Å²) in [6.07, 6.45) is 2.60. The predicted octanol–water partition coefficient (Wildman–Crippen LogP) is 1.62. The van der Waals surface area contributed by atoms with Crippen molar-refractivity contribution in [2.75, 3.05) is 19.6 Å². The molecule has 146 valence electrons. The molecule has 1 saturated heterocycles. The number of hydrogen-bond donors (Lipinski definition) is 4. The van der Waals surface area contributed by atoms with Gasteiger partial charge in [-0.3, -0.25) is 5.10 Å². The lowest BCUT2D eigenvalue weighted by Crippen LogP contribution is -3.11. The summed E-state index contributed by atoms with van der Waals surface area (Å²) in [5.41, 5.74) is 9.99. The standard InChI is InChI=1S/C23H24N6/c24-12-15-5-7-29(8-6-15)14-17-2-4-20-18(9-17)11-22(26-20)23-19-3-1-16(13-25)10-21(19)27-28-23/h1-4,9-11,15,26H,5-8,12,14,24H2,(H,27,28)/p+2. The largest absolute Gasteiger partial charge is 0.357 e. The highest BCUT2D eigenvalue weighted by molar-refractivity contribution is 5.96. The van der Waals surface area contributed by atoms with Crippen molar-refractivity contribution in [3.8, 4) is 17.5 Å². The lowest BCUT2D eigenvalue weighted by molar-refractivity contribution is -0.920. The summed E-state index contributed by atoms with van der Waals surface area (Å²) in [6.45, 7) is 4.66. The summed E-state index contributed by atoms with van der Waals surface area (Å²) in [4.78, 5) is 5.18. The Balaban J connectivity index is 1.41. The number of nitrogens with one attached hydrogen (secondary N) is 3. The van der Waals surface area contributed by atoms with Crippen LogP contribution in [-0.4, -0.2) is 34.8 Å². The summed E-state index contributed by atoms with van der Waals surface area (Å²) < 4.78 is 0. The van der Waals surface area contributed by atoms with Gasteiger partial charge in [0.2, 0.25) is 0 Å². The molecule has 0 bridgehead atoms. The van der Waals surface area contributed by atoms with Gasteiger partial charge in [0.05, 0.1) is 42.5 Å². The number of nitrogens with zero attached hydrogens (tertiary/aromatic N) is 2. The zero-order valence-corrected chi connectivity index (χ0v) is 16.5. The second-order valence-corrected chi connectivity index (χ2v) is 8.21. The minimum atomic E-state index is 0.635. The number of rotatable bonds is 4. The minimum Gasteiger partial charge on any atom is -0.357 e. The fourth-order valence-electron chi connectivity index (χ4n) is 4.55. The third-order valence-corrected chi connectivity index (χ3v) is 6.31. The van der Waals surface area contributed by atoms with Crippen LogP contribution in [0.5, 0.6) is 0 Å². The van der Waals surface area contributed by atoms with Gasteiger partial charge in [-0.25, -0.2) is 0 Å². The van der Waals surface area contributed by atoms with Gasteiger partial charge >= 0.3 is 0 Å². The number of piperidine rings is 1. The van der Waals surface area contributed by atoms with E-state index in [0.717, 1.165) is 46.8 Å². The smallest absolute Gasteiger partial charge is 0.116 e. The van der Waals surface area contributed by atoms with E-state index in [2.05, 4.69) is 51.2 Å². The van der Waals surface area contributed by atoms with Gasteiger partial charge in [-0.15, -0.1) is 0 Å². The van der Waals surface area contributed by atoms with E-state index in [9.17, 15) is 0 Å². The lowest BCUT2D eigenvalue weighted by atomic mass is 9.97. The zero-order chi connectivity index (χ0) is 19.8. The molecule has 2 aromatic carbocycles. The Hall–Kier alpha value is -3.14. The minimum absolute atomic E-state index is 0.635. The van der Waals surface area contributed by atoms with E-state index in [-0.39, 0.29) is 0 Å². The monoisotopic (exact) mass is 386 g/mol. The molecule has 0 radical (unpaired) electrons. The molecule has 6 nitrogen and oxygen atoms in total. The third-order valence-electron chi connectivity index (χ3n) is 6.31. The van der Waals surface area contributed by atoms with E-state index in [0.29, 0.717) is 5.56 Å². The Labute approximate surface area is 169 Å². The van der Waals surface area contributed by atoms with Gasteiger partial charge in [0.1, 0.15) is 12.2 Å². The number of fused-ring (bicyclic) bond motifs is 2. The Bertz CT molecular complexity index is 1200. The normalized spacial score (nSPS) is 19.6. The van der Waals surface area contributed by atoms with Gasteiger partial charge in [-0.2, -0.15) is 10.4 Å². The fraction of sp³-hybridized carbons (Fsp3) is 0.304. The molecule has 2 aromatic heterocycles. The second kappa shape index (κ2) is 7.36. The van der Waals surface area contributed by atoms with E-state index in [1.54, 1.807) is 4.90 Å². The van der Waals surface area contributed by atoms with E-state index in [1.165, 1.54) is 36.9 Å². The number of benzene rings is 2. The molecule has 1 aliphatic rings. The van der Waals surface area contributed by atoms with Crippen LogP contribution in [0.1, 0.15) is 24.0 Å². The van der Waals surface area contributed by atoms with Crippen LogP contribution in [0.15, 0.2) is 42.5 Å². The topological polar surface area (TPSA) is 100 Å². The maximum Gasteiger partial charge on any atom is 0.116 e. The van der Waals surface area contributed by atoms with Crippen molar-refractivity contribution in [1.82, 2.24) is 15.2 Å².